The van der Waals surface area contributed by atoms with Crippen molar-refractivity contribution < 1.29 is 20.1 Å². The fourth-order valence-electron chi connectivity index (χ4n) is 8.99. The van der Waals surface area contributed by atoms with Gasteiger partial charge < -0.3 is 20.1 Å². The van der Waals surface area contributed by atoms with Crippen LogP contribution in [0.4, 0.5) is 0 Å². The van der Waals surface area contributed by atoms with Gasteiger partial charge >= 0.3 is 0 Å². The van der Waals surface area contributed by atoms with Gasteiger partial charge in [-0.1, -0.05) is 33.8 Å². The maximum Gasteiger partial charge on any atom is 0.162 e. The minimum Gasteiger partial charge on any atom is -0.393 e. The molecule has 0 aromatic rings. The van der Waals surface area contributed by atoms with Gasteiger partial charge in [-0.15, -0.1) is 0 Å². The number of aliphatic hydroxyl groups excluding tert-OH is 3. The lowest BCUT2D eigenvalue weighted by Gasteiger charge is -2.67. The standard InChI is InChI=1S/C24H38O4/c1-22(2)17-8-6-14-15-7-5-13-12-28-21(27)20(13)24(15,4)19(26)11-16(14)23(17,3)10-9-18(22)25/h5,14-21,25-27H,6-12H2,1-4H3. The first-order valence-electron chi connectivity index (χ1n) is 11.5. The molecule has 1 heterocycles. The van der Waals surface area contributed by atoms with Crippen molar-refractivity contribution in [1.82, 2.24) is 0 Å². The van der Waals surface area contributed by atoms with Crippen LogP contribution in [0.25, 0.3) is 0 Å². The number of ether oxygens (including phenoxy) is 1. The highest BCUT2D eigenvalue weighted by Crippen LogP contribution is 2.69. The molecule has 4 heteroatoms. The molecule has 28 heavy (non-hydrogen) atoms. The first-order chi connectivity index (χ1) is 13.1. The fourth-order valence-corrected chi connectivity index (χ4v) is 8.99. The van der Waals surface area contributed by atoms with Crippen molar-refractivity contribution in [2.75, 3.05) is 6.61 Å². The van der Waals surface area contributed by atoms with E-state index >= 15 is 0 Å². The van der Waals surface area contributed by atoms with Crippen LogP contribution in [-0.4, -0.2) is 40.4 Å². The van der Waals surface area contributed by atoms with Gasteiger partial charge in [-0.25, -0.2) is 0 Å². The van der Waals surface area contributed by atoms with E-state index in [2.05, 4.69) is 33.8 Å². The number of hydrogen-bond donors (Lipinski definition) is 3. The highest BCUT2D eigenvalue weighted by atomic mass is 16.6. The van der Waals surface area contributed by atoms with Crippen LogP contribution in [0.5, 0.6) is 0 Å². The van der Waals surface area contributed by atoms with Gasteiger partial charge in [0.05, 0.1) is 18.8 Å². The van der Waals surface area contributed by atoms with Crippen LogP contribution >= 0.6 is 0 Å². The Kier molecular flexibility index (Phi) is 4.23. The van der Waals surface area contributed by atoms with Crippen LogP contribution in [0.1, 0.15) is 66.2 Å². The van der Waals surface area contributed by atoms with Gasteiger partial charge in [-0.3, -0.25) is 0 Å². The third kappa shape index (κ3) is 2.27. The topological polar surface area (TPSA) is 69.9 Å². The van der Waals surface area contributed by atoms with E-state index in [1.54, 1.807) is 0 Å². The molecule has 0 bridgehead atoms. The Morgan fingerprint density at radius 2 is 1.71 bits per heavy atom. The Morgan fingerprint density at radius 3 is 2.46 bits per heavy atom. The Morgan fingerprint density at radius 1 is 0.964 bits per heavy atom. The predicted octanol–water partition coefficient (Wildman–Crippen LogP) is 3.50. The van der Waals surface area contributed by atoms with E-state index in [-0.39, 0.29) is 28.3 Å². The maximum atomic E-state index is 11.5. The lowest BCUT2D eigenvalue weighted by Crippen LogP contribution is -2.64. The van der Waals surface area contributed by atoms with E-state index in [0.29, 0.717) is 30.3 Å². The minimum atomic E-state index is -0.777. The second-order valence-electron chi connectivity index (χ2n) is 11.7. The first-order valence-corrected chi connectivity index (χ1v) is 11.5. The van der Waals surface area contributed by atoms with E-state index in [0.717, 1.165) is 25.7 Å². The molecule has 4 fully saturated rings. The van der Waals surface area contributed by atoms with Gasteiger partial charge in [0, 0.05) is 11.3 Å². The van der Waals surface area contributed by atoms with Crippen molar-refractivity contribution >= 4 is 0 Å². The third-order valence-electron chi connectivity index (χ3n) is 10.6. The van der Waals surface area contributed by atoms with E-state index in [4.69, 9.17) is 4.74 Å². The summed E-state index contributed by atoms with van der Waals surface area (Å²) < 4.78 is 5.59. The Labute approximate surface area is 169 Å². The van der Waals surface area contributed by atoms with Gasteiger partial charge in [-0.05, 0) is 78.6 Å². The quantitative estimate of drug-likeness (QED) is 0.554. The van der Waals surface area contributed by atoms with Crippen LogP contribution in [0.3, 0.4) is 0 Å². The molecule has 0 aromatic carbocycles. The molecule has 10 atom stereocenters. The lowest BCUT2D eigenvalue weighted by molar-refractivity contribution is -0.225. The van der Waals surface area contributed by atoms with Crippen LogP contribution in [0.2, 0.25) is 0 Å². The zero-order valence-corrected chi connectivity index (χ0v) is 17.9. The van der Waals surface area contributed by atoms with E-state index in [9.17, 15) is 15.3 Å². The van der Waals surface area contributed by atoms with Crippen LogP contribution < -0.4 is 0 Å². The minimum absolute atomic E-state index is 0.0567. The summed E-state index contributed by atoms with van der Waals surface area (Å²) in [6.07, 6.45) is 7.03. The molecule has 0 aromatic heterocycles. The van der Waals surface area contributed by atoms with Gasteiger partial charge in [0.25, 0.3) is 0 Å². The largest absolute Gasteiger partial charge is 0.393 e. The molecular weight excluding hydrogens is 352 g/mol. The molecule has 5 rings (SSSR count). The number of allylic oxidation sites excluding steroid dienone is 1. The zero-order valence-electron chi connectivity index (χ0n) is 17.9. The van der Waals surface area contributed by atoms with Crippen molar-refractivity contribution in [3.05, 3.63) is 11.6 Å². The van der Waals surface area contributed by atoms with Gasteiger partial charge in [0.1, 0.15) is 0 Å². The number of aliphatic hydroxyl groups is 3. The molecule has 4 aliphatic carbocycles. The molecule has 3 saturated carbocycles. The van der Waals surface area contributed by atoms with Crippen molar-refractivity contribution in [1.29, 1.82) is 0 Å². The summed E-state index contributed by atoms with van der Waals surface area (Å²) in [5, 5.41) is 32.8. The van der Waals surface area contributed by atoms with Crippen LogP contribution in [0.15, 0.2) is 11.6 Å². The average molecular weight is 391 g/mol. The number of fused-ring (bicyclic) bond motifs is 7. The summed E-state index contributed by atoms with van der Waals surface area (Å²) in [5.41, 5.74) is 1.03. The molecule has 0 spiro atoms. The zero-order chi connectivity index (χ0) is 20.1. The second kappa shape index (κ2) is 6.06. The number of rotatable bonds is 0. The van der Waals surface area contributed by atoms with Crippen LogP contribution in [0, 0.1) is 45.8 Å². The van der Waals surface area contributed by atoms with Gasteiger partial charge in [-0.2, -0.15) is 0 Å². The molecule has 158 valence electrons. The molecule has 0 radical (unpaired) electrons. The lowest BCUT2D eigenvalue weighted by atomic mass is 9.39. The van der Waals surface area contributed by atoms with Crippen molar-refractivity contribution in [3.63, 3.8) is 0 Å². The molecule has 5 aliphatic rings. The molecule has 4 nitrogen and oxygen atoms in total. The summed E-state index contributed by atoms with van der Waals surface area (Å²) >= 11 is 0. The van der Waals surface area contributed by atoms with Crippen molar-refractivity contribution in [3.8, 4) is 0 Å². The second-order valence-corrected chi connectivity index (χ2v) is 11.7. The van der Waals surface area contributed by atoms with Crippen molar-refractivity contribution in [2.24, 2.45) is 45.8 Å². The molecule has 0 amide bonds. The normalized spacial score (nSPS) is 57.5. The monoisotopic (exact) mass is 390 g/mol. The molecule has 3 N–H and O–H groups in total. The summed E-state index contributed by atoms with van der Waals surface area (Å²) in [7, 11) is 0. The summed E-state index contributed by atoms with van der Waals surface area (Å²) in [6.45, 7) is 9.70. The first kappa shape index (κ1) is 19.5. The van der Waals surface area contributed by atoms with E-state index in [1.165, 1.54) is 18.4 Å². The van der Waals surface area contributed by atoms with E-state index < -0.39 is 12.4 Å². The average Bonchev–Trinajstić information content (AvgIpc) is 3.02. The summed E-state index contributed by atoms with van der Waals surface area (Å²) in [5.74, 6) is 1.94. The Hall–Kier alpha value is -0.420. The summed E-state index contributed by atoms with van der Waals surface area (Å²) in [4.78, 5) is 0. The number of hydrogen-bond acceptors (Lipinski definition) is 4. The van der Waals surface area contributed by atoms with Gasteiger partial charge in [0.2, 0.25) is 0 Å². The van der Waals surface area contributed by atoms with Crippen molar-refractivity contribution in [2.45, 2.75) is 84.7 Å². The molecule has 1 aliphatic heterocycles. The highest BCUT2D eigenvalue weighted by Gasteiger charge is 2.66. The highest BCUT2D eigenvalue weighted by molar-refractivity contribution is 5.26. The van der Waals surface area contributed by atoms with E-state index in [1.807, 2.05) is 0 Å². The van der Waals surface area contributed by atoms with Crippen LogP contribution in [-0.2, 0) is 4.74 Å². The predicted molar refractivity (Wildman–Crippen MR) is 107 cm³/mol. The summed E-state index contributed by atoms with van der Waals surface area (Å²) in [6, 6.07) is 0. The smallest absolute Gasteiger partial charge is 0.162 e. The molecule has 10 unspecified atom stereocenters. The van der Waals surface area contributed by atoms with Gasteiger partial charge in [0.15, 0.2) is 6.29 Å². The Balaban J connectivity index is 1.53. The maximum absolute atomic E-state index is 11.5. The molecule has 1 saturated heterocycles. The fraction of sp³-hybridized carbons (Fsp3) is 0.917. The Bertz CT molecular complexity index is 686. The third-order valence-corrected chi connectivity index (χ3v) is 10.6. The molecular formula is C24H38O4. The SMILES string of the molecule is CC1(C)C(O)CCC2(C)C3CC(O)C4(C)C(CC=C5COC(O)C54)C3CCC12.